The highest BCUT2D eigenvalue weighted by atomic mass is 32.2. The minimum absolute atomic E-state index is 0.0620. The lowest BCUT2D eigenvalue weighted by Gasteiger charge is -2.07. The summed E-state index contributed by atoms with van der Waals surface area (Å²) < 4.78 is 1.63. The number of thioether (sulfide) groups is 1. The van der Waals surface area contributed by atoms with Gasteiger partial charge in [0.1, 0.15) is 0 Å². The molecule has 0 aliphatic carbocycles. The number of rotatable bonds is 6. The third kappa shape index (κ3) is 5.19. The highest BCUT2D eigenvalue weighted by Gasteiger charge is 2.12. The average Bonchev–Trinajstić information content (AvgIpc) is 2.88. The van der Waals surface area contributed by atoms with E-state index in [9.17, 15) is 9.59 Å². The molecule has 0 atom stereocenters. The molecule has 0 saturated heterocycles. The van der Waals surface area contributed by atoms with Gasteiger partial charge in [0.25, 0.3) is 5.78 Å². The first-order valence-corrected chi connectivity index (χ1v) is 8.75. The van der Waals surface area contributed by atoms with E-state index in [2.05, 4.69) is 39.5 Å². The summed E-state index contributed by atoms with van der Waals surface area (Å²) in [6, 6.07) is 1.43. The maximum atomic E-state index is 11.8. The Labute approximate surface area is 144 Å². The number of hydrogen-bond acceptors (Lipinski definition) is 6. The summed E-state index contributed by atoms with van der Waals surface area (Å²) in [5.74, 6) is 0.675. The van der Waals surface area contributed by atoms with Gasteiger partial charge in [-0.05, 0) is 32.3 Å². The van der Waals surface area contributed by atoms with Crippen LogP contribution in [0.2, 0.25) is 0 Å². The number of carbonyl (C=O) groups is 2. The normalized spacial score (nSPS) is 11.0. The molecule has 24 heavy (non-hydrogen) atoms. The van der Waals surface area contributed by atoms with E-state index in [-0.39, 0.29) is 11.7 Å². The van der Waals surface area contributed by atoms with Crippen LogP contribution in [0.4, 0.5) is 4.79 Å². The molecule has 2 aromatic heterocycles. The van der Waals surface area contributed by atoms with Crippen LogP contribution in [0.25, 0.3) is 5.78 Å². The molecule has 0 aliphatic heterocycles. The molecule has 130 valence electrons. The van der Waals surface area contributed by atoms with Crippen LogP contribution in [-0.4, -0.2) is 43.8 Å². The van der Waals surface area contributed by atoms with Gasteiger partial charge in [0, 0.05) is 17.9 Å². The number of aryl methyl sites for hydroxylation is 2. The lowest BCUT2D eigenvalue weighted by molar-refractivity contribution is -0.117. The smallest absolute Gasteiger partial charge is 0.321 e. The number of nitrogens with one attached hydrogen (secondary N) is 2. The van der Waals surface area contributed by atoms with Crippen LogP contribution in [0, 0.1) is 19.8 Å². The van der Waals surface area contributed by atoms with Crippen molar-refractivity contribution in [2.24, 2.45) is 5.92 Å². The minimum Gasteiger partial charge on any atom is -0.338 e. The van der Waals surface area contributed by atoms with Gasteiger partial charge >= 0.3 is 6.03 Å². The second-order valence-electron chi connectivity index (χ2n) is 5.92. The molecule has 8 nitrogen and oxygen atoms in total. The van der Waals surface area contributed by atoms with Gasteiger partial charge < -0.3 is 5.32 Å². The molecular formula is C15H22N6O2S. The molecule has 9 heteroatoms. The van der Waals surface area contributed by atoms with Crippen molar-refractivity contribution in [2.45, 2.75) is 39.3 Å². The Morgan fingerprint density at radius 3 is 2.75 bits per heavy atom. The summed E-state index contributed by atoms with van der Waals surface area (Å²) >= 11 is 1.16. The van der Waals surface area contributed by atoms with Gasteiger partial charge in [-0.2, -0.15) is 4.98 Å². The number of carbonyl (C=O) groups excluding carboxylic acids is 2. The Kier molecular flexibility index (Phi) is 6.13. The summed E-state index contributed by atoms with van der Waals surface area (Å²) in [4.78, 5) is 31.9. The third-order valence-electron chi connectivity index (χ3n) is 3.19. The highest BCUT2D eigenvalue weighted by molar-refractivity contribution is 7.99. The Bertz CT molecular complexity index is 743. The molecule has 0 spiro atoms. The number of aromatic nitrogens is 4. The quantitative estimate of drug-likeness (QED) is 0.769. The van der Waals surface area contributed by atoms with Crippen molar-refractivity contribution in [1.29, 1.82) is 0 Å². The Morgan fingerprint density at radius 1 is 1.29 bits per heavy atom. The van der Waals surface area contributed by atoms with Crippen LogP contribution in [0.5, 0.6) is 0 Å². The Morgan fingerprint density at radius 2 is 2.04 bits per heavy atom. The molecule has 0 bridgehead atoms. The summed E-state index contributed by atoms with van der Waals surface area (Å²) in [7, 11) is 0. The zero-order chi connectivity index (χ0) is 17.7. The molecule has 0 radical (unpaired) electrons. The molecule has 2 aromatic rings. The van der Waals surface area contributed by atoms with Crippen LogP contribution in [0.3, 0.4) is 0 Å². The highest BCUT2D eigenvalue weighted by Crippen LogP contribution is 2.14. The predicted octanol–water partition coefficient (Wildman–Crippen LogP) is 1.71. The third-order valence-corrected chi connectivity index (χ3v) is 4.03. The van der Waals surface area contributed by atoms with Crippen molar-refractivity contribution in [2.75, 3.05) is 12.3 Å². The first-order valence-electron chi connectivity index (χ1n) is 7.76. The van der Waals surface area contributed by atoms with Crippen molar-refractivity contribution < 1.29 is 9.59 Å². The Hall–Kier alpha value is -2.16. The van der Waals surface area contributed by atoms with E-state index in [1.54, 1.807) is 4.52 Å². The fraction of sp³-hybridized carbons (Fsp3) is 0.533. The predicted molar refractivity (Wildman–Crippen MR) is 92.0 cm³/mol. The van der Waals surface area contributed by atoms with Crippen molar-refractivity contribution >= 4 is 29.5 Å². The maximum Gasteiger partial charge on any atom is 0.321 e. The van der Waals surface area contributed by atoms with Gasteiger partial charge in [0.15, 0.2) is 0 Å². The molecule has 0 unspecified atom stereocenters. The van der Waals surface area contributed by atoms with E-state index >= 15 is 0 Å². The van der Waals surface area contributed by atoms with Gasteiger partial charge in [-0.1, -0.05) is 25.6 Å². The topological polar surface area (TPSA) is 101 Å². The molecule has 0 aromatic carbocycles. The average molecular weight is 350 g/mol. The van der Waals surface area contributed by atoms with E-state index in [1.165, 1.54) is 0 Å². The van der Waals surface area contributed by atoms with Crippen LogP contribution in [-0.2, 0) is 4.79 Å². The van der Waals surface area contributed by atoms with E-state index in [0.29, 0.717) is 23.4 Å². The van der Waals surface area contributed by atoms with Gasteiger partial charge in [0.05, 0.1) is 5.75 Å². The summed E-state index contributed by atoms with van der Waals surface area (Å²) in [6.45, 7) is 8.49. The fourth-order valence-corrected chi connectivity index (χ4v) is 2.64. The lowest BCUT2D eigenvalue weighted by Crippen LogP contribution is -2.40. The van der Waals surface area contributed by atoms with E-state index in [1.807, 2.05) is 19.9 Å². The molecule has 2 rings (SSSR count). The number of amides is 3. The van der Waals surface area contributed by atoms with Crippen LogP contribution in [0.1, 0.15) is 31.7 Å². The van der Waals surface area contributed by atoms with Crippen LogP contribution >= 0.6 is 11.8 Å². The SMILES string of the molecule is Cc1cc(C)n2nc(SCC(=O)NC(=O)NCCC(C)C)nc2n1. The largest absolute Gasteiger partial charge is 0.338 e. The van der Waals surface area contributed by atoms with E-state index < -0.39 is 6.03 Å². The summed E-state index contributed by atoms with van der Waals surface area (Å²) in [5.41, 5.74) is 1.78. The second kappa shape index (κ2) is 8.09. The molecule has 2 N–H and O–H groups in total. The summed E-state index contributed by atoms with van der Waals surface area (Å²) in [5, 5.41) is 9.69. The monoisotopic (exact) mass is 350 g/mol. The van der Waals surface area contributed by atoms with Crippen LogP contribution < -0.4 is 10.6 Å². The molecule has 2 heterocycles. The fourth-order valence-electron chi connectivity index (χ4n) is 2.02. The lowest BCUT2D eigenvalue weighted by atomic mass is 10.1. The zero-order valence-electron chi connectivity index (χ0n) is 14.3. The number of nitrogens with zero attached hydrogens (tertiary/aromatic N) is 4. The van der Waals surface area contributed by atoms with Crippen LogP contribution in [0.15, 0.2) is 11.2 Å². The summed E-state index contributed by atoms with van der Waals surface area (Å²) in [6.07, 6.45) is 0.868. The van der Waals surface area contributed by atoms with Crippen molar-refractivity contribution in [3.8, 4) is 0 Å². The van der Waals surface area contributed by atoms with E-state index in [4.69, 9.17) is 0 Å². The number of hydrogen-bond donors (Lipinski definition) is 2. The zero-order valence-corrected chi connectivity index (χ0v) is 15.1. The van der Waals surface area contributed by atoms with Gasteiger partial charge in [0.2, 0.25) is 11.1 Å². The number of imide groups is 1. The Balaban J connectivity index is 1.83. The van der Waals surface area contributed by atoms with Crippen molar-refractivity contribution in [1.82, 2.24) is 30.2 Å². The van der Waals surface area contributed by atoms with Gasteiger partial charge in [-0.15, -0.1) is 5.10 Å². The maximum absolute atomic E-state index is 11.8. The second-order valence-corrected chi connectivity index (χ2v) is 6.86. The molecule has 0 fully saturated rings. The van der Waals surface area contributed by atoms with E-state index in [0.717, 1.165) is 29.6 Å². The first-order chi connectivity index (χ1) is 11.3. The van der Waals surface area contributed by atoms with Crippen molar-refractivity contribution in [3.05, 3.63) is 17.5 Å². The molecule has 0 saturated carbocycles. The number of fused-ring (bicyclic) bond motifs is 1. The molecule has 0 aliphatic rings. The van der Waals surface area contributed by atoms with Crippen molar-refractivity contribution in [3.63, 3.8) is 0 Å². The number of urea groups is 1. The van der Waals surface area contributed by atoms with Gasteiger partial charge in [-0.3, -0.25) is 10.1 Å². The first kappa shape index (κ1) is 18.2. The molecular weight excluding hydrogens is 328 g/mol. The minimum atomic E-state index is -0.475. The standard InChI is InChI=1S/C15H22N6O2S/c1-9(2)5-6-16-14(23)18-12(22)8-24-15-19-13-17-10(3)7-11(4)21(13)20-15/h7,9H,5-6,8H2,1-4H3,(H2,16,18,22,23). The van der Waals surface area contributed by atoms with Gasteiger partial charge in [-0.25, -0.2) is 14.3 Å². The molecule has 3 amide bonds.